The van der Waals surface area contributed by atoms with Crippen LogP contribution in [0.15, 0.2) is 29.2 Å². The van der Waals surface area contributed by atoms with Crippen LogP contribution in [0.3, 0.4) is 0 Å². The lowest BCUT2D eigenvalue weighted by Gasteiger charge is -2.22. The Balaban J connectivity index is 1.85. The minimum Gasteiger partial charge on any atom is -0.326 e. The molecule has 18 heavy (non-hydrogen) atoms. The van der Waals surface area contributed by atoms with Gasteiger partial charge in [0.1, 0.15) is 0 Å². The summed E-state index contributed by atoms with van der Waals surface area (Å²) >= 11 is 3.59. The third-order valence-electron chi connectivity index (χ3n) is 2.78. The zero-order valence-electron chi connectivity index (χ0n) is 10.4. The van der Waals surface area contributed by atoms with Crippen molar-refractivity contribution in [3.8, 4) is 0 Å². The van der Waals surface area contributed by atoms with Gasteiger partial charge in [-0.25, -0.2) is 0 Å². The van der Waals surface area contributed by atoms with Crippen LogP contribution in [-0.4, -0.2) is 36.3 Å². The van der Waals surface area contributed by atoms with Gasteiger partial charge in [-0.15, -0.1) is 11.8 Å². The summed E-state index contributed by atoms with van der Waals surface area (Å²) in [4.78, 5) is 13.1. The van der Waals surface area contributed by atoms with E-state index in [1.165, 1.54) is 4.90 Å². The molecular weight excluding hydrogens is 264 g/mol. The highest BCUT2D eigenvalue weighted by molar-refractivity contribution is 7.99. The van der Waals surface area contributed by atoms with Gasteiger partial charge in [-0.3, -0.25) is 4.79 Å². The molecule has 1 atom stereocenters. The van der Waals surface area contributed by atoms with Crippen LogP contribution in [0.5, 0.6) is 0 Å². The van der Waals surface area contributed by atoms with Gasteiger partial charge >= 0.3 is 0 Å². The SMILES string of the molecule is CSc1cccc(NC(=O)CC2CSCCN2)c1. The minimum atomic E-state index is 0.0910. The fourth-order valence-corrected chi connectivity index (χ4v) is 3.30. The Hall–Kier alpha value is -0.650. The quantitative estimate of drug-likeness (QED) is 0.832. The summed E-state index contributed by atoms with van der Waals surface area (Å²) in [6, 6.07) is 8.26. The molecule has 1 amide bonds. The van der Waals surface area contributed by atoms with E-state index in [-0.39, 0.29) is 5.91 Å². The number of hydrogen-bond acceptors (Lipinski definition) is 4. The van der Waals surface area contributed by atoms with Crippen LogP contribution in [0.1, 0.15) is 6.42 Å². The Labute approximate surface area is 116 Å². The molecule has 1 aromatic carbocycles. The summed E-state index contributed by atoms with van der Waals surface area (Å²) in [6.07, 6.45) is 2.58. The molecule has 1 aliphatic rings. The van der Waals surface area contributed by atoms with Gasteiger partial charge in [0.15, 0.2) is 0 Å². The molecule has 0 spiro atoms. The van der Waals surface area contributed by atoms with Crippen LogP contribution in [0.4, 0.5) is 5.69 Å². The number of hydrogen-bond donors (Lipinski definition) is 2. The second-order valence-electron chi connectivity index (χ2n) is 4.21. The number of benzene rings is 1. The first-order valence-corrected chi connectivity index (χ1v) is 8.41. The molecule has 0 bridgehead atoms. The van der Waals surface area contributed by atoms with Gasteiger partial charge in [-0.1, -0.05) is 6.07 Å². The van der Waals surface area contributed by atoms with E-state index in [9.17, 15) is 4.79 Å². The molecule has 1 fully saturated rings. The second kappa shape index (κ2) is 7.07. The molecule has 1 saturated heterocycles. The van der Waals surface area contributed by atoms with Gasteiger partial charge < -0.3 is 10.6 Å². The molecule has 0 aliphatic carbocycles. The van der Waals surface area contributed by atoms with Gasteiger partial charge in [-0.05, 0) is 24.5 Å². The van der Waals surface area contributed by atoms with Crippen molar-refractivity contribution in [1.29, 1.82) is 0 Å². The van der Waals surface area contributed by atoms with Crippen molar-refractivity contribution in [2.45, 2.75) is 17.4 Å². The molecular formula is C13H18N2OS2. The monoisotopic (exact) mass is 282 g/mol. The van der Waals surface area contributed by atoms with Gasteiger partial charge in [0.2, 0.25) is 5.91 Å². The first-order chi connectivity index (χ1) is 8.78. The maximum atomic E-state index is 11.9. The fourth-order valence-electron chi connectivity index (χ4n) is 1.89. The van der Waals surface area contributed by atoms with Crippen LogP contribution in [0.25, 0.3) is 0 Å². The van der Waals surface area contributed by atoms with Crippen LogP contribution >= 0.6 is 23.5 Å². The van der Waals surface area contributed by atoms with E-state index in [0.29, 0.717) is 12.5 Å². The lowest BCUT2D eigenvalue weighted by atomic mass is 10.2. The molecule has 2 N–H and O–H groups in total. The Morgan fingerprint density at radius 2 is 2.50 bits per heavy atom. The van der Waals surface area contributed by atoms with Crippen molar-refractivity contribution in [3.63, 3.8) is 0 Å². The molecule has 1 heterocycles. The third-order valence-corrected chi connectivity index (χ3v) is 4.64. The number of carbonyl (C=O) groups excluding carboxylic acids is 1. The van der Waals surface area contributed by atoms with E-state index in [2.05, 4.69) is 10.6 Å². The first-order valence-electron chi connectivity index (χ1n) is 6.03. The average molecular weight is 282 g/mol. The Morgan fingerprint density at radius 3 is 3.22 bits per heavy atom. The maximum absolute atomic E-state index is 11.9. The summed E-state index contributed by atoms with van der Waals surface area (Å²) in [5.74, 6) is 2.26. The van der Waals surface area contributed by atoms with Crippen molar-refractivity contribution < 1.29 is 4.79 Å². The predicted octanol–water partition coefficient (Wildman–Crippen LogP) is 2.44. The summed E-state index contributed by atoms with van der Waals surface area (Å²) < 4.78 is 0. The topological polar surface area (TPSA) is 41.1 Å². The van der Waals surface area contributed by atoms with Crippen LogP contribution in [0.2, 0.25) is 0 Å². The van der Waals surface area contributed by atoms with E-state index >= 15 is 0 Å². The first kappa shape index (κ1) is 13.8. The van der Waals surface area contributed by atoms with Gasteiger partial charge in [0, 0.05) is 41.1 Å². The highest BCUT2D eigenvalue weighted by Gasteiger charge is 2.16. The largest absolute Gasteiger partial charge is 0.326 e. The lowest BCUT2D eigenvalue weighted by molar-refractivity contribution is -0.116. The average Bonchev–Trinajstić information content (AvgIpc) is 2.40. The lowest BCUT2D eigenvalue weighted by Crippen LogP contribution is -2.39. The van der Waals surface area contributed by atoms with Crippen molar-refractivity contribution in [1.82, 2.24) is 5.32 Å². The zero-order valence-corrected chi connectivity index (χ0v) is 12.1. The van der Waals surface area contributed by atoms with E-state index in [4.69, 9.17) is 0 Å². The van der Waals surface area contributed by atoms with Crippen molar-refractivity contribution in [2.24, 2.45) is 0 Å². The number of anilines is 1. The summed E-state index contributed by atoms with van der Waals surface area (Å²) in [7, 11) is 0. The number of amides is 1. The molecule has 0 aromatic heterocycles. The van der Waals surface area contributed by atoms with E-state index < -0.39 is 0 Å². The predicted molar refractivity (Wildman–Crippen MR) is 80.6 cm³/mol. The highest BCUT2D eigenvalue weighted by atomic mass is 32.2. The minimum absolute atomic E-state index is 0.0910. The van der Waals surface area contributed by atoms with E-state index in [0.717, 1.165) is 23.7 Å². The van der Waals surface area contributed by atoms with Gasteiger partial charge in [-0.2, -0.15) is 11.8 Å². The highest BCUT2D eigenvalue weighted by Crippen LogP contribution is 2.19. The summed E-state index contributed by atoms with van der Waals surface area (Å²) in [5.41, 5.74) is 0.885. The molecule has 1 unspecified atom stereocenters. The maximum Gasteiger partial charge on any atom is 0.225 e. The van der Waals surface area contributed by atoms with Crippen molar-refractivity contribution >= 4 is 35.1 Å². The summed E-state index contributed by atoms with van der Waals surface area (Å²) in [5, 5.41) is 6.33. The molecule has 3 nitrogen and oxygen atoms in total. The van der Waals surface area contributed by atoms with Gasteiger partial charge in [0.05, 0.1) is 0 Å². The molecule has 1 aromatic rings. The molecule has 0 radical (unpaired) electrons. The fraction of sp³-hybridized carbons (Fsp3) is 0.462. The van der Waals surface area contributed by atoms with Crippen molar-refractivity contribution in [3.05, 3.63) is 24.3 Å². The number of carbonyl (C=O) groups is 1. The molecule has 2 rings (SSSR count). The normalized spacial score (nSPS) is 19.5. The summed E-state index contributed by atoms with van der Waals surface area (Å²) in [6.45, 7) is 1.00. The third kappa shape index (κ3) is 4.23. The van der Waals surface area contributed by atoms with Crippen molar-refractivity contribution in [2.75, 3.05) is 29.6 Å². The van der Waals surface area contributed by atoms with E-state index in [1.807, 2.05) is 42.3 Å². The molecule has 98 valence electrons. The Kier molecular flexibility index (Phi) is 5.41. The van der Waals surface area contributed by atoms with Crippen LogP contribution in [-0.2, 0) is 4.79 Å². The number of rotatable bonds is 4. The van der Waals surface area contributed by atoms with E-state index in [1.54, 1.807) is 11.8 Å². The number of thioether (sulfide) groups is 2. The Bertz CT molecular complexity index is 406. The van der Waals surface area contributed by atoms with Crippen LogP contribution in [0, 0.1) is 0 Å². The zero-order chi connectivity index (χ0) is 12.8. The van der Waals surface area contributed by atoms with Crippen LogP contribution < -0.4 is 10.6 Å². The standard InChI is InChI=1S/C13H18N2OS2/c1-17-12-4-2-3-10(7-12)15-13(16)8-11-9-18-6-5-14-11/h2-4,7,11,14H,5-6,8-9H2,1H3,(H,15,16). The molecule has 5 heteroatoms. The number of nitrogens with one attached hydrogen (secondary N) is 2. The second-order valence-corrected chi connectivity index (χ2v) is 6.24. The smallest absolute Gasteiger partial charge is 0.225 e. The molecule has 1 aliphatic heterocycles. The molecule has 0 saturated carbocycles. The van der Waals surface area contributed by atoms with Gasteiger partial charge in [0.25, 0.3) is 0 Å². The Morgan fingerprint density at radius 1 is 1.61 bits per heavy atom.